The van der Waals surface area contributed by atoms with Crippen molar-refractivity contribution in [1.29, 1.82) is 0 Å². The van der Waals surface area contributed by atoms with Gasteiger partial charge in [0.2, 0.25) is 0 Å². The van der Waals surface area contributed by atoms with Crippen LogP contribution in [0.4, 0.5) is 4.79 Å². The predicted octanol–water partition coefficient (Wildman–Crippen LogP) is 5.26. The molecule has 174 valence electrons. The molecule has 0 bridgehead atoms. The molecule has 0 fully saturated rings. The molecular formula is C25H26ClNO6. The molecule has 0 aliphatic carbocycles. The first kappa shape index (κ1) is 24.3. The van der Waals surface area contributed by atoms with E-state index < -0.39 is 23.7 Å². The van der Waals surface area contributed by atoms with Gasteiger partial charge in [0.1, 0.15) is 18.2 Å². The van der Waals surface area contributed by atoms with Gasteiger partial charge in [-0.15, -0.1) is 0 Å². The summed E-state index contributed by atoms with van der Waals surface area (Å²) in [7, 11) is 0. The predicted molar refractivity (Wildman–Crippen MR) is 126 cm³/mol. The van der Waals surface area contributed by atoms with Crippen LogP contribution < -0.4 is 15.7 Å². The number of amides is 1. The van der Waals surface area contributed by atoms with E-state index in [4.69, 9.17) is 25.5 Å². The van der Waals surface area contributed by atoms with E-state index >= 15 is 0 Å². The van der Waals surface area contributed by atoms with Crippen molar-refractivity contribution in [3.63, 3.8) is 0 Å². The first-order valence-electron chi connectivity index (χ1n) is 10.8. The number of carbonyl (C=O) groups excluding carboxylic acids is 2. The number of alkyl carbamates (subject to hydrolysis) is 1. The zero-order valence-corrected chi connectivity index (χ0v) is 19.5. The summed E-state index contributed by atoms with van der Waals surface area (Å²) in [5.74, 6) is -0.889. The minimum atomic E-state index is -0.959. The van der Waals surface area contributed by atoms with Gasteiger partial charge in [-0.1, -0.05) is 69.1 Å². The zero-order valence-electron chi connectivity index (χ0n) is 18.7. The van der Waals surface area contributed by atoms with Gasteiger partial charge in [0, 0.05) is 17.5 Å². The van der Waals surface area contributed by atoms with Crippen LogP contribution in [-0.4, -0.2) is 18.1 Å². The van der Waals surface area contributed by atoms with Crippen LogP contribution >= 0.6 is 11.6 Å². The molecule has 2 aromatic carbocycles. The fourth-order valence-corrected chi connectivity index (χ4v) is 3.53. The van der Waals surface area contributed by atoms with Crippen molar-refractivity contribution >= 4 is 34.6 Å². The van der Waals surface area contributed by atoms with E-state index in [1.165, 1.54) is 12.1 Å². The Morgan fingerprint density at radius 2 is 1.85 bits per heavy atom. The number of hydrogen-bond acceptors (Lipinski definition) is 6. The van der Waals surface area contributed by atoms with Crippen LogP contribution in [0.25, 0.3) is 11.0 Å². The van der Waals surface area contributed by atoms with Crippen molar-refractivity contribution in [2.75, 3.05) is 0 Å². The monoisotopic (exact) mass is 471 g/mol. The molecule has 2 unspecified atom stereocenters. The number of carbonyl (C=O) groups is 2. The molecule has 0 saturated carbocycles. The molecule has 3 rings (SSSR count). The highest BCUT2D eigenvalue weighted by atomic mass is 35.5. The van der Waals surface area contributed by atoms with E-state index in [1.54, 1.807) is 6.07 Å². The standard InChI is InChI=1S/C25H26ClNO6/c1-4-15(3)23(27-25(30)31-14-16-9-7-6-8-10-16)24(29)33-21-13-20-18(12-19(21)26)17(5-2)11-22(28)32-20/h6-13,15,23H,4-5,14H2,1-3H3,(H,27,30). The summed E-state index contributed by atoms with van der Waals surface area (Å²) in [4.78, 5) is 37.1. The maximum absolute atomic E-state index is 13.0. The second kappa shape index (κ2) is 11.0. The molecule has 0 spiro atoms. The van der Waals surface area contributed by atoms with Gasteiger partial charge in [-0.2, -0.15) is 0 Å². The van der Waals surface area contributed by atoms with Crippen LogP contribution in [0.1, 0.15) is 38.3 Å². The molecule has 0 saturated heterocycles. The van der Waals surface area contributed by atoms with Crippen LogP contribution in [0.3, 0.4) is 0 Å². The number of rotatable bonds is 8. The molecule has 3 aromatic rings. The normalized spacial score (nSPS) is 12.7. The van der Waals surface area contributed by atoms with Crippen LogP contribution in [0.5, 0.6) is 5.75 Å². The van der Waals surface area contributed by atoms with E-state index in [9.17, 15) is 14.4 Å². The Bertz CT molecular complexity index is 1190. The SMILES string of the molecule is CCc1cc(=O)oc2cc(OC(=O)C(NC(=O)OCc3ccccc3)C(C)CC)c(Cl)cc12. The van der Waals surface area contributed by atoms with Gasteiger partial charge in [0.25, 0.3) is 0 Å². The van der Waals surface area contributed by atoms with Crippen LogP contribution in [0.2, 0.25) is 5.02 Å². The Balaban J connectivity index is 1.77. The van der Waals surface area contributed by atoms with Crippen molar-refractivity contribution in [3.8, 4) is 5.75 Å². The summed E-state index contributed by atoms with van der Waals surface area (Å²) >= 11 is 6.35. The van der Waals surface area contributed by atoms with Gasteiger partial charge in [0.15, 0.2) is 5.75 Å². The number of ether oxygens (including phenoxy) is 2. The third kappa shape index (κ3) is 6.14. The molecule has 0 aliphatic rings. The minimum absolute atomic E-state index is 0.0401. The Hall–Kier alpha value is -3.32. The van der Waals surface area contributed by atoms with Crippen LogP contribution in [0.15, 0.2) is 57.7 Å². The highest BCUT2D eigenvalue weighted by Gasteiger charge is 2.29. The van der Waals surface area contributed by atoms with Crippen molar-refractivity contribution in [3.05, 3.63) is 75.1 Å². The van der Waals surface area contributed by atoms with E-state index in [2.05, 4.69) is 5.32 Å². The Morgan fingerprint density at radius 1 is 1.12 bits per heavy atom. The number of fused-ring (bicyclic) bond motifs is 1. The van der Waals surface area contributed by atoms with Crippen molar-refractivity contribution in [2.24, 2.45) is 5.92 Å². The van der Waals surface area contributed by atoms with Crippen molar-refractivity contribution in [1.82, 2.24) is 5.32 Å². The highest BCUT2D eigenvalue weighted by molar-refractivity contribution is 6.33. The lowest BCUT2D eigenvalue weighted by molar-refractivity contribution is -0.138. The molecular weight excluding hydrogens is 446 g/mol. The lowest BCUT2D eigenvalue weighted by Crippen LogP contribution is -2.47. The fraction of sp³-hybridized carbons (Fsp3) is 0.320. The van der Waals surface area contributed by atoms with Crippen molar-refractivity contribution < 1.29 is 23.5 Å². The largest absolute Gasteiger partial charge is 0.445 e. The van der Waals surface area contributed by atoms with Gasteiger partial charge in [-0.3, -0.25) is 0 Å². The quantitative estimate of drug-likeness (QED) is 0.274. The van der Waals surface area contributed by atoms with Gasteiger partial charge < -0.3 is 19.2 Å². The molecule has 2 atom stereocenters. The van der Waals surface area contributed by atoms with Gasteiger partial charge in [0.05, 0.1) is 5.02 Å². The first-order chi connectivity index (χ1) is 15.8. The zero-order chi connectivity index (χ0) is 24.0. The van der Waals surface area contributed by atoms with E-state index in [0.717, 1.165) is 11.1 Å². The molecule has 1 N–H and O–H groups in total. The molecule has 0 radical (unpaired) electrons. The van der Waals surface area contributed by atoms with E-state index in [-0.39, 0.29) is 28.9 Å². The number of hydrogen-bond donors (Lipinski definition) is 1. The smallest absolute Gasteiger partial charge is 0.408 e. The van der Waals surface area contributed by atoms with E-state index in [1.807, 2.05) is 51.1 Å². The summed E-state index contributed by atoms with van der Waals surface area (Å²) < 4.78 is 16.0. The summed E-state index contributed by atoms with van der Waals surface area (Å²) in [5.41, 5.74) is 1.37. The van der Waals surface area contributed by atoms with Crippen LogP contribution in [-0.2, 0) is 22.6 Å². The molecule has 1 heterocycles. The average molecular weight is 472 g/mol. The molecule has 0 aliphatic heterocycles. The van der Waals surface area contributed by atoms with Gasteiger partial charge in [-0.25, -0.2) is 14.4 Å². The second-order valence-corrected chi connectivity index (χ2v) is 8.12. The van der Waals surface area contributed by atoms with Crippen molar-refractivity contribution in [2.45, 2.75) is 46.3 Å². The average Bonchev–Trinajstić information content (AvgIpc) is 2.81. The van der Waals surface area contributed by atoms with Gasteiger partial charge in [-0.05, 0) is 29.5 Å². The Morgan fingerprint density at radius 3 is 2.52 bits per heavy atom. The number of nitrogens with one attached hydrogen (secondary N) is 1. The lowest BCUT2D eigenvalue weighted by atomic mass is 9.99. The minimum Gasteiger partial charge on any atom is -0.445 e. The molecule has 1 aromatic heterocycles. The molecule has 7 nitrogen and oxygen atoms in total. The maximum Gasteiger partial charge on any atom is 0.408 e. The molecule has 8 heteroatoms. The topological polar surface area (TPSA) is 94.8 Å². The lowest BCUT2D eigenvalue weighted by Gasteiger charge is -2.22. The van der Waals surface area contributed by atoms with Gasteiger partial charge >= 0.3 is 17.7 Å². The Labute approximate surface area is 196 Å². The maximum atomic E-state index is 13.0. The van der Waals surface area contributed by atoms with E-state index in [0.29, 0.717) is 18.2 Å². The third-order valence-corrected chi connectivity index (χ3v) is 5.72. The highest BCUT2D eigenvalue weighted by Crippen LogP contribution is 2.32. The summed E-state index contributed by atoms with van der Waals surface area (Å²) in [6.07, 6.45) is 0.492. The number of esters is 1. The third-order valence-electron chi connectivity index (χ3n) is 5.43. The first-order valence-corrected chi connectivity index (χ1v) is 11.1. The summed E-state index contributed by atoms with van der Waals surface area (Å²) in [6, 6.07) is 12.7. The number of benzene rings is 2. The Kier molecular flexibility index (Phi) is 8.11. The number of halogens is 1. The summed E-state index contributed by atoms with van der Waals surface area (Å²) in [5, 5.41) is 3.45. The second-order valence-electron chi connectivity index (χ2n) is 7.71. The van der Waals surface area contributed by atoms with Crippen LogP contribution in [0, 0.1) is 5.92 Å². The number of aryl methyl sites for hydroxylation is 1. The summed E-state index contributed by atoms with van der Waals surface area (Å²) in [6.45, 7) is 5.70. The fourth-order valence-electron chi connectivity index (χ4n) is 3.33. The molecule has 1 amide bonds. The molecule has 33 heavy (non-hydrogen) atoms.